The average molecular weight is 404 g/mol. The summed E-state index contributed by atoms with van der Waals surface area (Å²) in [5.41, 5.74) is 5.41. The van der Waals surface area contributed by atoms with E-state index in [1.54, 1.807) is 0 Å². The van der Waals surface area contributed by atoms with Gasteiger partial charge in [0.1, 0.15) is 5.75 Å². The van der Waals surface area contributed by atoms with E-state index >= 15 is 0 Å². The van der Waals surface area contributed by atoms with Gasteiger partial charge in [0, 0.05) is 19.1 Å². The second-order valence-electron chi connectivity index (χ2n) is 6.67. The molecular weight excluding hydrogens is 378 g/mol. The van der Waals surface area contributed by atoms with Gasteiger partial charge in [-0.05, 0) is 56.3 Å². The van der Waals surface area contributed by atoms with E-state index in [1.807, 2.05) is 0 Å². The first-order valence-electron chi connectivity index (χ1n) is 8.65. The summed E-state index contributed by atoms with van der Waals surface area (Å²) in [4.78, 5) is 11.6. The fourth-order valence-electron chi connectivity index (χ4n) is 3.82. The van der Waals surface area contributed by atoms with Gasteiger partial charge in [-0.1, -0.05) is 0 Å². The SMILES string of the molecule is COc1ccc(S(=O)(=O)N2CCC(C3CCCN3)CC2)cc1C(N)=O.Cl. The molecule has 1 amide bonds. The Bertz CT molecular complexity index is 742. The third-order valence-corrected chi connectivity index (χ3v) is 7.13. The van der Waals surface area contributed by atoms with Crippen LogP contribution in [0.3, 0.4) is 0 Å². The molecule has 3 rings (SSSR count). The summed E-state index contributed by atoms with van der Waals surface area (Å²) in [5.74, 6) is 0.100. The Hall–Kier alpha value is -1.35. The van der Waals surface area contributed by atoms with E-state index in [4.69, 9.17) is 10.5 Å². The Kier molecular flexibility index (Phi) is 6.90. The van der Waals surface area contributed by atoms with Crippen LogP contribution in [0, 0.1) is 5.92 Å². The van der Waals surface area contributed by atoms with Gasteiger partial charge in [0.25, 0.3) is 5.91 Å². The van der Waals surface area contributed by atoms with Gasteiger partial charge in [-0.25, -0.2) is 8.42 Å². The number of methoxy groups -OCH3 is 1. The van der Waals surface area contributed by atoms with Crippen molar-refractivity contribution in [2.75, 3.05) is 26.7 Å². The number of hydrogen-bond acceptors (Lipinski definition) is 5. The highest BCUT2D eigenvalue weighted by molar-refractivity contribution is 7.89. The van der Waals surface area contributed by atoms with Gasteiger partial charge in [0.2, 0.25) is 10.0 Å². The van der Waals surface area contributed by atoms with E-state index in [1.165, 1.54) is 42.5 Å². The van der Waals surface area contributed by atoms with E-state index in [9.17, 15) is 13.2 Å². The number of piperidine rings is 1. The van der Waals surface area contributed by atoms with E-state index in [-0.39, 0.29) is 28.6 Å². The summed E-state index contributed by atoms with van der Waals surface area (Å²) >= 11 is 0. The molecule has 2 fully saturated rings. The van der Waals surface area contributed by atoms with E-state index in [0.717, 1.165) is 19.4 Å². The predicted molar refractivity (Wildman–Crippen MR) is 101 cm³/mol. The molecule has 3 N–H and O–H groups in total. The molecule has 1 aromatic rings. The summed E-state index contributed by atoms with van der Waals surface area (Å²) in [5, 5.41) is 3.51. The molecule has 0 saturated carbocycles. The maximum absolute atomic E-state index is 12.9. The van der Waals surface area contributed by atoms with Crippen molar-refractivity contribution in [1.29, 1.82) is 0 Å². The zero-order valence-corrected chi connectivity index (χ0v) is 16.4. The fraction of sp³-hybridized carbons (Fsp3) is 0.588. The van der Waals surface area contributed by atoms with Crippen LogP contribution in [0.25, 0.3) is 0 Å². The van der Waals surface area contributed by atoms with Crippen LogP contribution in [0.2, 0.25) is 0 Å². The summed E-state index contributed by atoms with van der Waals surface area (Å²) in [6.45, 7) is 2.07. The van der Waals surface area contributed by atoms with Crippen molar-refractivity contribution in [3.8, 4) is 5.75 Å². The van der Waals surface area contributed by atoms with Gasteiger partial charge in [-0.2, -0.15) is 4.31 Å². The molecule has 146 valence electrons. The van der Waals surface area contributed by atoms with Crippen LogP contribution in [0.4, 0.5) is 0 Å². The van der Waals surface area contributed by atoms with Crippen molar-refractivity contribution in [2.24, 2.45) is 11.7 Å². The summed E-state index contributed by atoms with van der Waals surface area (Å²) < 4.78 is 32.4. The molecule has 0 radical (unpaired) electrons. The molecule has 2 heterocycles. The number of rotatable bonds is 5. The number of nitrogens with two attached hydrogens (primary N) is 1. The highest BCUT2D eigenvalue weighted by Gasteiger charge is 2.33. The van der Waals surface area contributed by atoms with Crippen LogP contribution in [0.1, 0.15) is 36.0 Å². The van der Waals surface area contributed by atoms with Crippen LogP contribution >= 0.6 is 12.4 Å². The van der Waals surface area contributed by atoms with Gasteiger partial charge >= 0.3 is 0 Å². The maximum atomic E-state index is 12.9. The first-order chi connectivity index (χ1) is 11.9. The van der Waals surface area contributed by atoms with Crippen LogP contribution in [0.5, 0.6) is 5.75 Å². The number of halogens is 1. The molecule has 26 heavy (non-hydrogen) atoms. The number of ether oxygens (including phenoxy) is 1. The van der Waals surface area contributed by atoms with Crippen LogP contribution in [-0.4, -0.2) is 51.4 Å². The second-order valence-corrected chi connectivity index (χ2v) is 8.61. The lowest BCUT2D eigenvalue weighted by atomic mass is 9.89. The van der Waals surface area contributed by atoms with Crippen molar-refractivity contribution < 1.29 is 17.9 Å². The molecule has 1 unspecified atom stereocenters. The topological polar surface area (TPSA) is 102 Å². The molecule has 1 aromatic carbocycles. The second kappa shape index (κ2) is 8.56. The summed E-state index contributed by atoms with van der Waals surface area (Å²) in [6.07, 6.45) is 4.09. The number of nitrogens with one attached hydrogen (secondary N) is 1. The number of hydrogen-bond donors (Lipinski definition) is 2. The van der Waals surface area contributed by atoms with Crippen LogP contribution in [0.15, 0.2) is 23.1 Å². The first-order valence-corrected chi connectivity index (χ1v) is 10.1. The van der Waals surface area contributed by atoms with Crippen LogP contribution in [-0.2, 0) is 10.0 Å². The Morgan fingerprint density at radius 2 is 1.96 bits per heavy atom. The minimum atomic E-state index is -3.64. The molecule has 2 aliphatic rings. The number of benzene rings is 1. The lowest BCUT2D eigenvalue weighted by Crippen LogP contribution is -2.43. The van der Waals surface area contributed by atoms with Crippen molar-refractivity contribution >= 4 is 28.3 Å². The van der Waals surface area contributed by atoms with Crippen LogP contribution < -0.4 is 15.8 Å². The molecule has 0 bridgehead atoms. The Balaban J connectivity index is 0.00000243. The monoisotopic (exact) mass is 403 g/mol. The minimum absolute atomic E-state index is 0. The van der Waals surface area contributed by atoms with Gasteiger partial charge in [0.05, 0.1) is 17.6 Å². The Morgan fingerprint density at radius 1 is 1.27 bits per heavy atom. The number of amides is 1. The van der Waals surface area contributed by atoms with Crippen molar-refractivity contribution in [3.05, 3.63) is 23.8 Å². The number of primary amides is 1. The molecule has 0 spiro atoms. The summed E-state index contributed by atoms with van der Waals surface area (Å²) in [6, 6.07) is 4.77. The van der Waals surface area contributed by atoms with Gasteiger partial charge in [-0.15, -0.1) is 12.4 Å². The number of nitrogens with zero attached hydrogens (tertiary/aromatic N) is 1. The number of carbonyl (C=O) groups excluding carboxylic acids is 1. The average Bonchev–Trinajstić information content (AvgIpc) is 3.15. The molecule has 0 aliphatic carbocycles. The zero-order valence-electron chi connectivity index (χ0n) is 14.8. The molecule has 0 aromatic heterocycles. The normalized spacial score (nSPS) is 22.0. The van der Waals surface area contributed by atoms with E-state index < -0.39 is 15.9 Å². The third-order valence-electron chi connectivity index (χ3n) is 5.24. The highest BCUT2D eigenvalue weighted by Crippen LogP contribution is 2.30. The van der Waals surface area contributed by atoms with Crippen molar-refractivity contribution in [3.63, 3.8) is 0 Å². The fourth-order valence-corrected chi connectivity index (χ4v) is 5.32. The first kappa shape index (κ1) is 21.0. The van der Waals surface area contributed by atoms with Crippen molar-refractivity contribution in [2.45, 2.75) is 36.6 Å². The summed E-state index contributed by atoms with van der Waals surface area (Å²) in [7, 11) is -2.23. The Morgan fingerprint density at radius 3 is 2.50 bits per heavy atom. The molecule has 2 saturated heterocycles. The van der Waals surface area contributed by atoms with Gasteiger partial charge in [-0.3, -0.25) is 4.79 Å². The molecular formula is C17H26ClN3O4S. The van der Waals surface area contributed by atoms with E-state index in [2.05, 4.69) is 5.32 Å². The highest BCUT2D eigenvalue weighted by atomic mass is 35.5. The number of sulfonamides is 1. The quantitative estimate of drug-likeness (QED) is 0.773. The lowest BCUT2D eigenvalue weighted by molar-refractivity contribution is 0.0997. The molecule has 9 heteroatoms. The predicted octanol–water partition coefficient (Wildman–Crippen LogP) is 1.37. The van der Waals surface area contributed by atoms with Gasteiger partial charge in [0.15, 0.2) is 0 Å². The molecule has 2 aliphatic heterocycles. The Labute approximate surface area is 160 Å². The largest absolute Gasteiger partial charge is 0.496 e. The van der Waals surface area contributed by atoms with Crippen molar-refractivity contribution in [1.82, 2.24) is 9.62 Å². The zero-order chi connectivity index (χ0) is 18.0. The minimum Gasteiger partial charge on any atom is -0.496 e. The standard InChI is InChI=1S/C17H25N3O4S.ClH/c1-24-16-5-4-13(11-14(16)17(18)21)25(22,23)20-9-6-12(7-10-20)15-3-2-8-19-15;/h4-5,11-12,15,19H,2-3,6-10H2,1H3,(H2,18,21);1H. The number of carbonyl (C=O) groups is 1. The third kappa shape index (κ3) is 4.14. The lowest BCUT2D eigenvalue weighted by Gasteiger charge is -2.34. The maximum Gasteiger partial charge on any atom is 0.252 e. The van der Waals surface area contributed by atoms with Gasteiger partial charge < -0.3 is 15.8 Å². The van der Waals surface area contributed by atoms with E-state index in [0.29, 0.717) is 25.0 Å². The molecule has 1 atom stereocenters. The smallest absolute Gasteiger partial charge is 0.252 e. The molecule has 7 nitrogen and oxygen atoms in total.